The largest absolute Gasteiger partial charge is 0.468 e. The predicted octanol–water partition coefficient (Wildman–Crippen LogP) is 1.35. The molecule has 1 atom stereocenters. The molecule has 3 nitrogen and oxygen atoms in total. The zero-order valence-electron chi connectivity index (χ0n) is 7.88. The highest BCUT2D eigenvalue weighted by molar-refractivity contribution is 14.1. The number of hydrogen-bond donors (Lipinski definition) is 1. The van der Waals surface area contributed by atoms with Gasteiger partial charge in [-0.25, -0.2) is 0 Å². The SMILES string of the molecule is COC(=O)C(I)CNCCC1CC1. The molecule has 0 aromatic rings. The Bertz CT molecular complexity index is 171. The van der Waals surface area contributed by atoms with E-state index in [1.54, 1.807) is 0 Å². The first kappa shape index (κ1) is 11.2. The highest BCUT2D eigenvalue weighted by atomic mass is 127. The maximum absolute atomic E-state index is 11.0. The van der Waals surface area contributed by atoms with E-state index >= 15 is 0 Å². The molecule has 1 saturated carbocycles. The maximum atomic E-state index is 11.0. The predicted molar refractivity (Wildman–Crippen MR) is 60.0 cm³/mol. The number of methoxy groups -OCH3 is 1. The van der Waals surface area contributed by atoms with Crippen molar-refractivity contribution in [3.05, 3.63) is 0 Å². The van der Waals surface area contributed by atoms with Crippen LogP contribution in [-0.2, 0) is 9.53 Å². The lowest BCUT2D eigenvalue weighted by atomic mass is 10.3. The van der Waals surface area contributed by atoms with E-state index in [0.29, 0.717) is 0 Å². The summed E-state index contributed by atoms with van der Waals surface area (Å²) in [6, 6.07) is 0. The molecular formula is C9H16INO2. The van der Waals surface area contributed by atoms with Gasteiger partial charge < -0.3 is 10.1 Å². The molecule has 13 heavy (non-hydrogen) atoms. The summed E-state index contributed by atoms with van der Waals surface area (Å²) in [5.41, 5.74) is 0. The van der Waals surface area contributed by atoms with Crippen LogP contribution in [0.25, 0.3) is 0 Å². The summed E-state index contributed by atoms with van der Waals surface area (Å²) in [7, 11) is 1.43. The van der Waals surface area contributed by atoms with Crippen molar-refractivity contribution in [1.82, 2.24) is 5.32 Å². The summed E-state index contributed by atoms with van der Waals surface area (Å²) in [5, 5.41) is 3.26. The first-order chi connectivity index (χ1) is 6.24. The number of ether oxygens (including phenoxy) is 1. The van der Waals surface area contributed by atoms with E-state index < -0.39 is 0 Å². The van der Waals surface area contributed by atoms with E-state index in [4.69, 9.17) is 0 Å². The average molecular weight is 297 g/mol. The van der Waals surface area contributed by atoms with Gasteiger partial charge in [0.25, 0.3) is 0 Å². The minimum Gasteiger partial charge on any atom is -0.468 e. The van der Waals surface area contributed by atoms with Crippen LogP contribution in [-0.4, -0.2) is 30.1 Å². The van der Waals surface area contributed by atoms with E-state index in [9.17, 15) is 4.79 Å². The van der Waals surface area contributed by atoms with Gasteiger partial charge in [-0.3, -0.25) is 4.79 Å². The molecule has 1 aliphatic rings. The second kappa shape index (κ2) is 5.80. The van der Waals surface area contributed by atoms with Gasteiger partial charge in [0, 0.05) is 6.54 Å². The van der Waals surface area contributed by atoms with E-state index in [1.165, 1.54) is 26.4 Å². The van der Waals surface area contributed by atoms with Crippen molar-refractivity contribution >= 4 is 28.6 Å². The Hall–Kier alpha value is 0.160. The number of hydrogen-bond acceptors (Lipinski definition) is 3. The highest BCUT2D eigenvalue weighted by Gasteiger charge is 2.20. The number of alkyl halides is 1. The molecule has 0 saturated heterocycles. The smallest absolute Gasteiger partial charge is 0.319 e. The first-order valence-corrected chi connectivity index (χ1v) is 5.91. The summed E-state index contributed by atoms with van der Waals surface area (Å²) < 4.78 is 4.56. The number of nitrogens with one attached hydrogen (secondary N) is 1. The highest BCUT2D eigenvalue weighted by Crippen LogP contribution is 2.31. The second-order valence-electron chi connectivity index (χ2n) is 3.43. The summed E-state index contributed by atoms with van der Waals surface area (Å²) in [4.78, 5) is 11.0. The Balaban J connectivity index is 1.93. The Morgan fingerprint density at radius 2 is 2.38 bits per heavy atom. The fourth-order valence-corrected chi connectivity index (χ4v) is 1.72. The average Bonchev–Trinajstić information content (AvgIpc) is 2.94. The molecule has 0 spiro atoms. The molecule has 4 heteroatoms. The standard InChI is InChI=1S/C9H16INO2/c1-13-9(12)8(10)6-11-5-4-7-2-3-7/h7-8,11H,2-6H2,1H3. The molecule has 0 aromatic carbocycles. The van der Waals surface area contributed by atoms with Crippen LogP contribution in [0.2, 0.25) is 0 Å². The van der Waals surface area contributed by atoms with Crippen molar-refractivity contribution in [1.29, 1.82) is 0 Å². The number of carbonyl (C=O) groups is 1. The summed E-state index contributed by atoms with van der Waals surface area (Å²) in [6.45, 7) is 1.75. The van der Waals surface area contributed by atoms with Gasteiger partial charge in [-0.15, -0.1) is 0 Å². The Kier molecular flexibility index (Phi) is 5.01. The van der Waals surface area contributed by atoms with Crippen LogP contribution >= 0.6 is 22.6 Å². The van der Waals surface area contributed by atoms with Crippen molar-refractivity contribution in [2.24, 2.45) is 5.92 Å². The molecule has 0 aromatic heterocycles. The van der Waals surface area contributed by atoms with Gasteiger partial charge in [0.05, 0.1) is 7.11 Å². The van der Waals surface area contributed by atoms with Crippen LogP contribution in [0.4, 0.5) is 0 Å². The van der Waals surface area contributed by atoms with Crippen LogP contribution in [0.1, 0.15) is 19.3 Å². The van der Waals surface area contributed by atoms with Gasteiger partial charge in [-0.1, -0.05) is 35.4 Å². The normalized spacial score (nSPS) is 18.3. The van der Waals surface area contributed by atoms with Gasteiger partial charge in [0.2, 0.25) is 0 Å². The summed E-state index contributed by atoms with van der Waals surface area (Å²) >= 11 is 2.10. The molecule has 0 radical (unpaired) electrons. The van der Waals surface area contributed by atoms with Gasteiger partial charge in [-0.05, 0) is 18.9 Å². The minimum absolute atomic E-state index is 0.0539. The van der Waals surface area contributed by atoms with Gasteiger partial charge >= 0.3 is 5.97 Å². The van der Waals surface area contributed by atoms with Crippen LogP contribution < -0.4 is 5.32 Å². The monoisotopic (exact) mass is 297 g/mol. The van der Waals surface area contributed by atoms with E-state index in [0.717, 1.165) is 19.0 Å². The van der Waals surface area contributed by atoms with Crippen LogP contribution in [0, 0.1) is 5.92 Å². The third-order valence-corrected chi connectivity index (χ3v) is 3.16. The number of halogens is 1. The molecule has 1 rings (SSSR count). The Morgan fingerprint density at radius 1 is 1.69 bits per heavy atom. The maximum Gasteiger partial charge on any atom is 0.319 e. The summed E-state index contributed by atoms with van der Waals surface area (Å²) in [6.07, 6.45) is 4.04. The molecule has 76 valence electrons. The Morgan fingerprint density at radius 3 is 2.92 bits per heavy atom. The molecular weight excluding hydrogens is 281 g/mol. The van der Waals surface area contributed by atoms with E-state index in [-0.39, 0.29) is 9.89 Å². The van der Waals surface area contributed by atoms with Gasteiger partial charge in [-0.2, -0.15) is 0 Å². The third kappa shape index (κ3) is 4.81. The molecule has 0 aliphatic heterocycles. The van der Waals surface area contributed by atoms with Crippen LogP contribution in [0.15, 0.2) is 0 Å². The molecule has 0 heterocycles. The van der Waals surface area contributed by atoms with Crippen molar-refractivity contribution < 1.29 is 9.53 Å². The zero-order chi connectivity index (χ0) is 9.68. The van der Waals surface area contributed by atoms with Crippen molar-refractivity contribution in [3.8, 4) is 0 Å². The molecule has 1 fully saturated rings. The van der Waals surface area contributed by atoms with Gasteiger partial charge in [0.15, 0.2) is 0 Å². The lowest BCUT2D eigenvalue weighted by Gasteiger charge is -2.08. The zero-order valence-corrected chi connectivity index (χ0v) is 10.0. The Labute approximate surface area is 92.7 Å². The number of carbonyl (C=O) groups excluding carboxylic acids is 1. The first-order valence-electron chi connectivity index (χ1n) is 4.66. The second-order valence-corrected chi connectivity index (χ2v) is 4.93. The number of rotatable bonds is 6. The molecule has 0 bridgehead atoms. The minimum atomic E-state index is -0.139. The third-order valence-electron chi connectivity index (χ3n) is 2.21. The lowest BCUT2D eigenvalue weighted by molar-refractivity contribution is -0.139. The fraction of sp³-hybridized carbons (Fsp3) is 0.889. The summed E-state index contributed by atoms with van der Waals surface area (Å²) in [5.74, 6) is 0.817. The van der Waals surface area contributed by atoms with E-state index in [2.05, 4.69) is 32.6 Å². The van der Waals surface area contributed by atoms with Gasteiger partial charge in [0.1, 0.15) is 3.92 Å². The van der Waals surface area contributed by atoms with Crippen LogP contribution in [0.3, 0.4) is 0 Å². The van der Waals surface area contributed by atoms with Crippen molar-refractivity contribution in [2.45, 2.75) is 23.2 Å². The van der Waals surface area contributed by atoms with Crippen molar-refractivity contribution in [3.63, 3.8) is 0 Å². The van der Waals surface area contributed by atoms with Crippen LogP contribution in [0.5, 0.6) is 0 Å². The molecule has 0 amide bonds. The topological polar surface area (TPSA) is 38.3 Å². The lowest BCUT2D eigenvalue weighted by Crippen LogP contribution is -2.30. The van der Waals surface area contributed by atoms with Crippen molar-refractivity contribution in [2.75, 3.05) is 20.2 Å². The van der Waals surface area contributed by atoms with E-state index in [1.807, 2.05) is 0 Å². The molecule has 1 aliphatic carbocycles. The molecule has 1 unspecified atom stereocenters. The fourth-order valence-electron chi connectivity index (χ4n) is 1.15. The number of esters is 1. The molecule has 1 N–H and O–H groups in total. The quantitative estimate of drug-likeness (QED) is 0.348.